The van der Waals surface area contributed by atoms with E-state index in [1.54, 1.807) is 20.8 Å². The summed E-state index contributed by atoms with van der Waals surface area (Å²) >= 11 is 0. The van der Waals surface area contributed by atoms with Gasteiger partial charge in [0.25, 0.3) is 0 Å². The zero-order valence-corrected chi connectivity index (χ0v) is 12.0. The van der Waals surface area contributed by atoms with E-state index >= 15 is 0 Å². The lowest BCUT2D eigenvalue weighted by atomic mass is 9.90. The Kier molecular flexibility index (Phi) is 4.55. The van der Waals surface area contributed by atoms with Crippen LogP contribution in [0.2, 0.25) is 0 Å². The van der Waals surface area contributed by atoms with E-state index in [1.807, 2.05) is 6.92 Å². The zero-order valence-electron chi connectivity index (χ0n) is 12.0. The van der Waals surface area contributed by atoms with Crippen molar-refractivity contribution in [2.75, 3.05) is 6.54 Å². The smallest absolute Gasteiger partial charge is 0.272 e. The average molecular weight is 301 g/mol. The molecule has 0 aromatic carbocycles. The predicted octanol–water partition coefficient (Wildman–Crippen LogP) is 3.87. The van der Waals surface area contributed by atoms with Crippen molar-refractivity contribution < 1.29 is 22.0 Å². The van der Waals surface area contributed by atoms with Crippen LogP contribution in [0, 0.1) is 5.41 Å². The van der Waals surface area contributed by atoms with Crippen molar-refractivity contribution in [1.29, 1.82) is 0 Å². The summed E-state index contributed by atoms with van der Waals surface area (Å²) in [5.74, 6) is 0. The molecule has 0 saturated carbocycles. The molecule has 1 atom stereocenters. The Balaban J connectivity index is 3.06. The van der Waals surface area contributed by atoms with Gasteiger partial charge in [0.2, 0.25) is 0 Å². The lowest BCUT2D eigenvalue weighted by Crippen LogP contribution is -2.60. The van der Waals surface area contributed by atoms with Crippen LogP contribution in [-0.2, 0) is 0 Å². The molecule has 1 heterocycles. The Morgan fingerprint density at radius 2 is 1.65 bits per heavy atom. The number of rotatable bonds is 4. The summed E-state index contributed by atoms with van der Waals surface area (Å²) in [5.41, 5.74) is -0.807. The number of halogens is 5. The first-order valence-corrected chi connectivity index (χ1v) is 6.46. The first-order valence-electron chi connectivity index (χ1n) is 6.46. The molecule has 0 aromatic heterocycles. The Bertz CT molecular complexity index is 359. The molecular formula is C12H20F5N3. The third-order valence-corrected chi connectivity index (χ3v) is 3.05. The van der Waals surface area contributed by atoms with Gasteiger partial charge in [-0.15, -0.1) is 0 Å². The summed E-state index contributed by atoms with van der Waals surface area (Å²) < 4.78 is 64.9. The van der Waals surface area contributed by atoms with Gasteiger partial charge in [-0.2, -0.15) is 27.1 Å². The molecule has 0 spiro atoms. The van der Waals surface area contributed by atoms with E-state index in [-0.39, 0.29) is 4.90 Å². The monoisotopic (exact) mass is 301 g/mol. The largest absolute Gasteiger partial charge is 0.475 e. The van der Waals surface area contributed by atoms with Crippen molar-refractivity contribution in [3.63, 3.8) is 0 Å². The normalized spacial score (nSPS) is 20.9. The standard InChI is InChI=1S/C12H20F5N3/c1-5-6-7-20-9(10(2,3)4)19(8-18-20)12(16,17)11(13,14)15/h8-9H,5-7H2,1-4H3. The summed E-state index contributed by atoms with van der Waals surface area (Å²) in [5, 5.41) is 5.05. The third kappa shape index (κ3) is 3.15. The number of unbranched alkanes of at least 4 members (excludes halogenated alkanes) is 1. The minimum atomic E-state index is -5.64. The second-order valence-corrected chi connectivity index (χ2v) is 5.93. The molecule has 118 valence electrons. The van der Waals surface area contributed by atoms with Gasteiger partial charge < -0.3 is 0 Å². The maximum atomic E-state index is 13.6. The van der Waals surface area contributed by atoms with Crippen LogP contribution in [-0.4, -0.2) is 41.2 Å². The van der Waals surface area contributed by atoms with Crippen molar-refractivity contribution in [3.05, 3.63) is 0 Å². The molecule has 3 nitrogen and oxygen atoms in total. The molecule has 20 heavy (non-hydrogen) atoms. The molecule has 8 heteroatoms. The van der Waals surface area contributed by atoms with Crippen LogP contribution in [0.5, 0.6) is 0 Å². The second kappa shape index (κ2) is 5.37. The summed E-state index contributed by atoms with van der Waals surface area (Å²) in [6.45, 7) is 7.10. The Morgan fingerprint density at radius 3 is 2.05 bits per heavy atom. The van der Waals surface area contributed by atoms with E-state index in [4.69, 9.17) is 0 Å². The van der Waals surface area contributed by atoms with Gasteiger partial charge in [0.1, 0.15) is 12.5 Å². The average Bonchev–Trinajstić information content (AvgIpc) is 2.68. The highest BCUT2D eigenvalue weighted by atomic mass is 19.4. The molecule has 0 amide bonds. The van der Waals surface area contributed by atoms with Crippen molar-refractivity contribution >= 4 is 6.34 Å². The number of alkyl halides is 5. The van der Waals surface area contributed by atoms with E-state index in [2.05, 4.69) is 5.10 Å². The molecule has 1 aliphatic heterocycles. The topological polar surface area (TPSA) is 18.8 Å². The fraction of sp³-hybridized carbons (Fsp3) is 0.917. The number of nitrogens with zero attached hydrogens (tertiary/aromatic N) is 3. The number of hydrogen-bond acceptors (Lipinski definition) is 3. The highest BCUT2D eigenvalue weighted by molar-refractivity contribution is 5.58. The van der Waals surface area contributed by atoms with Crippen molar-refractivity contribution in [2.24, 2.45) is 10.5 Å². The maximum Gasteiger partial charge on any atom is 0.475 e. The van der Waals surface area contributed by atoms with Gasteiger partial charge in [-0.05, 0) is 6.42 Å². The molecule has 0 radical (unpaired) electrons. The molecular weight excluding hydrogens is 281 g/mol. The van der Waals surface area contributed by atoms with Crippen molar-refractivity contribution in [3.8, 4) is 0 Å². The zero-order chi connectivity index (χ0) is 15.8. The molecule has 0 aromatic rings. The van der Waals surface area contributed by atoms with Gasteiger partial charge in [0, 0.05) is 12.0 Å². The summed E-state index contributed by atoms with van der Waals surface area (Å²) in [7, 11) is 0. The van der Waals surface area contributed by atoms with Crippen LogP contribution < -0.4 is 0 Å². The molecule has 0 N–H and O–H groups in total. The van der Waals surface area contributed by atoms with Gasteiger partial charge >= 0.3 is 12.2 Å². The van der Waals surface area contributed by atoms with Crippen molar-refractivity contribution in [2.45, 2.75) is 58.9 Å². The Hall–Kier alpha value is -1.08. The predicted molar refractivity (Wildman–Crippen MR) is 66.2 cm³/mol. The molecule has 0 aliphatic carbocycles. The maximum absolute atomic E-state index is 13.6. The van der Waals surface area contributed by atoms with Gasteiger partial charge in [0.05, 0.1) is 0 Å². The van der Waals surface area contributed by atoms with E-state index in [9.17, 15) is 22.0 Å². The van der Waals surface area contributed by atoms with Crippen LogP contribution in [0.4, 0.5) is 22.0 Å². The molecule has 0 fully saturated rings. The molecule has 1 aliphatic rings. The highest BCUT2D eigenvalue weighted by Crippen LogP contribution is 2.44. The summed E-state index contributed by atoms with van der Waals surface area (Å²) in [4.78, 5) is 0.0165. The highest BCUT2D eigenvalue weighted by Gasteiger charge is 2.65. The van der Waals surface area contributed by atoms with E-state index < -0.39 is 23.8 Å². The number of hydrazone groups is 1. The van der Waals surface area contributed by atoms with E-state index in [0.717, 1.165) is 6.42 Å². The van der Waals surface area contributed by atoms with E-state index in [0.29, 0.717) is 19.3 Å². The summed E-state index contributed by atoms with van der Waals surface area (Å²) in [6, 6.07) is -4.94. The Morgan fingerprint density at radius 1 is 1.10 bits per heavy atom. The first-order chi connectivity index (χ1) is 8.93. The van der Waals surface area contributed by atoms with Gasteiger partial charge in [-0.25, -0.2) is 0 Å². The lowest BCUT2D eigenvalue weighted by molar-refractivity contribution is -0.338. The molecule has 1 unspecified atom stereocenters. The lowest BCUT2D eigenvalue weighted by Gasteiger charge is -2.42. The van der Waals surface area contributed by atoms with Gasteiger partial charge in [-0.1, -0.05) is 34.1 Å². The minimum absolute atomic E-state index is 0.0165. The van der Waals surface area contributed by atoms with Crippen LogP contribution in [0.15, 0.2) is 5.10 Å². The van der Waals surface area contributed by atoms with Crippen molar-refractivity contribution in [1.82, 2.24) is 9.91 Å². The first kappa shape index (κ1) is 17.0. The summed E-state index contributed by atoms with van der Waals surface area (Å²) in [6.07, 6.45) is -4.69. The molecule has 0 bridgehead atoms. The van der Waals surface area contributed by atoms with Crippen LogP contribution in [0.25, 0.3) is 0 Å². The minimum Gasteiger partial charge on any atom is -0.272 e. The van der Waals surface area contributed by atoms with E-state index in [1.165, 1.54) is 5.01 Å². The molecule has 0 saturated heterocycles. The fourth-order valence-electron chi connectivity index (χ4n) is 2.13. The van der Waals surface area contributed by atoms with Crippen LogP contribution in [0.1, 0.15) is 40.5 Å². The fourth-order valence-corrected chi connectivity index (χ4v) is 2.13. The second-order valence-electron chi connectivity index (χ2n) is 5.93. The van der Waals surface area contributed by atoms with Gasteiger partial charge in [0.15, 0.2) is 0 Å². The van der Waals surface area contributed by atoms with Gasteiger partial charge in [-0.3, -0.25) is 9.91 Å². The quantitative estimate of drug-likeness (QED) is 0.580. The Labute approximate surface area is 115 Å². The third-order valence-electron chi connectivity index (χ3n) is 3.05. The van der Waals surface area contributed by atoms with Crippen LogP contribution in [0.3, 0.4) is 0 Å². The van der Waals surface area contributed by atoms with Crippen LogP contribution >= 0.6 is 0 Å². The number of hydrogen-bond donors (Lipinski definition) is 0. The SMILES string of the molecule is CCCCN1N=CN(C(F)(F)C(F)(F)F)C1C(C)(C)C. The molecule has 1 rings (SSSR count).